The number of carbonyl (C=O) groups excluding carboxylic acids is 2. The molecule has 6 nitrogen and oxygen atoms in total. The Hall–Kier alpha value is -2.29. The maximum absolute atomic E-state index is 13.3. The Labute approximate surface area is 172 Å². The van der Waals surface area contributed by atoms with Crippen LogP contribution in [0.4, 0.5) is 9.39 Å². The van der Waals surface area contributed by atoms with E-state index < -0.39 is 11.8 Å². The van der Waals surface area contributed by atoms with Gasteiger partial charge in [0.1, 0.15) is 10.8 Å². The molecule has 0 atom stereocenters. The molecule has 1 saturated heterocycles. The van der Waals surface area contributed by atoms with Gasteiger partial charge in [-0.1, -0.05) is 12.1 Å². The largest absolute Gasteiger partial charge is 0.465 e. The molecule has 154 valence electrons. The standard InChI is InChI=1S/C21H22FNO5S/c1-13(24)23(12-14-3-5-15(22)6-4-14)19-18(20(25)26-2)16-7-8-21(11-17(16)29-19)27-9-10-28-21/h3-6H,7-12H2,1-2H3. The summed E-state index contributed by atoms with van der Waals surface area (Å²) in [5.74, 6) is -1.65. The molecule has 1 fully saturated rings. The first kappa shape index (κ1) is 20.0. The topological polar surface area (TPSA) is 65.1 Å². The fourth-order valence-corrected chi connectivity index (χ4v) is 5.36. The number of fused-ring (bicyclic) bond motifs is 1. The van der Waals surface area contributed by atoms with E-state index in [1.165, 1.54) is 37.5 Å². The van der Waals surface area contributed by atoms with E-state index in [0.717, 1.165) is 16.0 Å². The summed E-state index contributed by atoms with van der Waals surface area (Å²) in [5, 5.41) is 0.550. The van der Waals surface area contributed by atoms with E-state index >= 15 is 0 Å². The third-order valence-electron chi connectivity index (χ3n) is 5.34. The van der Waals surface area contributed by atoms with Gasteiger partial charge >= 0.3 is 5.97 Å². The molecule has 0 saturated carbocycles. The first-order valence-electron chi connectivity index (χ1n) is 9.46. The first-order valence-corrected chi connectivity index (χ1v) is 10.3. The van der Waals surface area contributed by atoms with Gasteiger partial charge in [0, 0.05) is 24.6 Å². The molecule has 1 aromatic heterocycles. The van der Waals surface area contributed by atoms with Gasteiger partial charge in [-0.2, -0.15) is 0 Å². The SMILES string of the molecule is COC(=O)c1c(N(Cc2ccc(F)cc2)C(C)=O)sc2c1CCC1(C2)OCCO1. The molecule has 0 N–H and O–H groups in total. The fraction of sp³-hybridized carbons (Fsp3) is 0.429. The maximum atomic E-state index is 13.3. The van der Waals surface area contributed by atoms with E-state index in [2.05, 4.69) is 0 Å². The molecular weight excluding hydrogens is 397 g/mol. The van der Waals surface area contributed by atoms with Crippen LogP contribution in [0.3, 0.4) is 0 Å². The summed E-state index contributed by atoms with van der Waals surface area (Å²) in [4.78, 5) is 27.7. The second kappa shape index (κ2) is 7.85. The lowest BCUT2D eigenvalue weighted by atomic mass is 9.90. The number of halogens is 1. The summed E-state index contributed by atoms with van der Waals surface area (Å²) in [6, 6.07) is 5.97. The van der Waals surface area contributed by atoms with Crippen LogP contribution in [0.25, 0.3) is 0 Å². The monoisotopic (exact) mass is 419 g/mol. The summed E-state index contributed by atoms with van der Waals surface area (Å²) >= 11 is 1.40. The molecule has 1 aliphatic heterocycles. The van der Waals surface area contributed by atoms with Crippen molar-refractivity contribution in [1.82, 2.24) is 0 Å². The van der Waals surface area contributed by atoms with Crippen molar-refractivity contribution in [2.24, 2.45) is 0 Å². The molecule has 29 heavy (non-hydrogen) atoms. The highest BCUT2D eigenvalue weighted by Gasteiger charge is 2.43. The van der Waals surface area contributed by atoms with Crippen molar-refractivity contribution in [3.8, 4) is 0 Å². The van der Waals surface area contributed by atoms with Crippen molar-refractivity contribution >= 4 is 28.2 Å². The number of hydrogen-bond donors (Lipinski definition) is 0. The third kappa shape index (κ3) is 3.80. The molecule has 1 spiro atoms. The summed E-state index contributed by atoms with van der Waals surface area (Å²) in [7, 11) is 1.34. The van der Waals surface area contributed by atoms with Crippen molar-refractivity contribution < 1.29 is 28.2 Å². The lowest BCUT2D eigenvalue weighted by Gasteiger charge is -2.31. The molecule has 0 bridgehead atoms. The van der Waals surface area contributed by atoms with Gasteiger partial charge in [-0.3, -0.25) is 9.69 Å². The smallest absolute Gasteiger partial charge is 0.341 e. The van der Waals surface area contributed by atoms with Gasteiger partial charge in [-0.25, -0.2) is 9.18 Å². The molecule has 0 unspecified atom stereocenters. The summed E-state index contributed by atoms with van der Waals surface area (Å²) < 4.78 is 30.0. The second-order valence-corrected chi connectivity index (χ2v) is 8.28. The van der Waals surface area contributed by atoms with E-state index in [4.69, 9.17) is 14.2 Å². The third-order valence-corrected chi connectivity index (χ3v) is 6.60. The maximum Gasteiger partial charge on any atom is 0.341 e. The Morgan fingerprint density at radius 2 is 1.93 bits per heavy atom. The van der Waals surface area contributed by atoms with Gasteiger partial charge in [0.25, 0.3) is 0 Å². The zero-order valence-electron chi connectivity index (χ0n) is 16.3. The minimum atomic E-state index is -0.638. The predicted molar refractivity (Wildman–Crippen MR) is 106 cm³/mol. The Kier molecular flexibility index (Phi) is 5.42. The van der Waals surface area contributed by atoms with Crippen LogP contribution in [0, 0.1) is 5.82 Å². The van der Waals surface area contributed by atoms with Crippen LogP contribution in [-0.2, 0) is 38.4 Å². The second-order valence-electron chi connectivity index (χ2n) is 7.19. The molecule has 0 radical (unpaired) electrons. The highest BCUT2D eigenvalue weighted by molar-refractivity contribution is 7.17. The van der Waals surface area contributed by atoms with Crippen molar-refractivity contribution in [3.05, 3.63) is 51.7 Å². The highest BCUT2D eigenvalue weighted by Crippen LogP contribution is 2.45. The lowest BCUT2D eigenvalue weighted by Crippen LogP contribution is -2.36. The van der Waals surface area contributed by atoms with E-state index in [1.807, 2.05) is 0 Å². The summed E-state index contributed by atoms with van der Waals surface area (Å²) in [6.07, 6.45) is 1.80. The Bertz CT molecular complexity index is 933. The van der Waals surface area contributed by atoms with Crippen molar-refractivity contribution in [2.45, 2.75) is 38.5 Å². The number of rotatable bonds is 4. The minimum absolute atomic E-state index is 0.207. The number of hydrogen-bond acceptors (Lipinski definition) is 6. The molecule has 2 aliphatic rings. The summed E-state index contributed by atoms with van der Waals surface area (Å²) in [5.41, 5.74) is 2.09. The van der Waals surface area contributed by atoms with E-state index in [1.54, 1.807) is 17.0 Å². The Morgan fingerprint density at radius 3 is 2.55 bits per heavy atom. The number of esters is 1. The Morgan fingerprint density at radius 1 is 1.24 bits per heavy atom. The molecular formula is C21H22FNO5S. The van der Waals surface area contributed by atoms with E-state index in [0.29, 0.717) is 43.0 Å². The molecule has 8 heteroatoms. The average molecular weight is 419 g/mol. The lowest BCUT2D eigenvalue weighted by molar-refractivity contribution is -0.163. The van der Waals surface area contributed by atoms with Gasteiger partial charge in [0.05, 0.1) is 32.4 Å². The average Bonchev–Trinajstić information content (AvgIpc) is 3.31. The normalized spacial score (nSPS) is 17.2. The first-order chi connectivity index (χ1) is 13.9. The number of carbonyl (C=O) groups is 2. The zero-order valence-corrected chi connectivity index (χ0v) is 17.1. The van der Waals surface area contributed by atoms with Gasteiger partial charge in [-0.15, -0.1) is 11.3 Å². The number of methoxy groups -OCH3 is 1. The van der Waals surface area contributed by atoms with Crippen LogP contribution in [0.15, 0.2) is 24.3 Å². The van der Waals surface area contributed by atoms with Crippen molar-refractivity contribution in [2.75, 3.05) is 25.2 Å². The van der Waals surface area contributed by atoms with Gasteiger partial charge in [-0.05, 0) is 29.7 Å². The molecule has 1 aromatic carbocycles. The highest BCUT2D eigenvalue weighted by atomic mass is 32.1. The van der Waals surface area contributed by atoms with Crippen LogP contribution in [0.2, 0.25) is 0 Å². The van der Waals surface area contributed by atoms with Crippen molar-refractivity contribution in [1.29, 1.82) is 0 Å². The van der Waals surface area contributed by atoms with Crippen LogP contribution in [0.5, 0.6) is 0 Å². The fourth-order valence-electron chi connectivity index (χ4n) is 3.90. The molecule has 1 aliphatic carbocycles. The molecule has 4 rings (SSSR count). The number of nitrogens with zero attached hydrogens (tertiary/aromatic N) is 1. The van der Waals surface area contributed by atoms with Gasteiger partial charge in [0.15, 0.2) is 5.79 Å². The number of ether oxygens (including phenoxy) is 3. The molecule has 1 amide bonds. The van der Waals surface area contributed by atoms with Gasteiger partial charge in [0.2, 0.25) is 5.91 Å². The van der Waals surface area contributed by atoms with E-state index in [9.17, 15) is 14.0 Å². The zero-order chi connectivity index (χ0) is 20.6. The van der Waals surface area contributed by atoms with Crippen LogP contribution in [0.1, 0.15) is 39.7 Å². The summed E-state index contributed by atoms with van der Waals surface area (Å²) in [6.45, 7) is 2.80. The van der Waals surface area contributed by atoms with Gasteiger partial charge < -0.3 is 14.2 Å². The predicted octanol–water partition coefficient (Wildman–Crippen LogP) is 3.46. The molecule has 2 heterocycles. The van der Waals surface area contributed by atoms with Crippen LogP contribution < -0.4 is 4.90 Å². The van der Waals surface area contributed by atoms with E-state index in [-0.39, 0.29) is 18.3 Å². The quantitative estimate of drug-likeness (QED) is 0.710. The Balaban J connectivity index is 1.74. The number of thiophene rings is 1. The number of anilines is 1. The minimum Gasteiger partial charge on any atom is -0.465 e. The molecule has 2 aromatic rings. The van der Waals surface area contributed by atoms with Crippen LogP contribution in [-0.4, -0.2) is 38.0 Å². The number of benzene rings is 1. The number of amides is 1. The van der Waals surface area contributed by atoms with Crippen molar-refractivity contribution in [3.63, 3.8) is 0 Å². The van der Waals surface area contributed by atoms with Crippen LogP contribution >= 0.6 is 11.3 Å².